The summed E-state index contributed by atoms with van der Waals surface area (Å²) in [4.78, 5) is 12.9. The number of fused-ring (bicyclic) bond motifs is 7. The predicted octanol–water partition coefficient (Wildman–Crippen LogP) is 17.0. The molecule has 0 fully saturated rings. The molecular formula is C65H48N4. The number of rotatable bonds is 7. The van der Waals surface area contributed by atoms with Crippen molar-refractivity contribution in [3.8, 4) is 39.5 Å². The summed E-state index contributed by atoms with van der Waals surface area (Å²) in [7, 11) is 0. The van der Waals surface area contributed by atoms with Gasteiger partial charge in [0.15, 0.2) is 5.82 Å². The van der Waals surface area contributed by atoms with Crippen molar-refractivity contribution in [2.45, 2.75) is 31.6 Å². The highest BCUT2D eigenvalue weighted by atomic mass is 15.2. The Morgan fingerprint density at radius 1 is 0.478 bits per heavy atom. The molecule has 1 unspecified atom stereocenters. The van der Waals surface area contributed by atoms with E-state index in [1.165, 1.54) is 55.2 Å². The number of allylic oxidation sites excluding steroid dienone is 4. The van der Waals surface area contributed by atoms with E-state index >= 15 is 0 Å². The minimum absolute atomic E-state index is 0.181. The summed E-state index contributed by atoms with van der Waals surface area (Å²) in [6, 6.07) is 79.2. The van der Waals surface area contributed by atoms with E-state index in [0.29, 0.717) is 11.7 Å². The lowest BCUT2D eigenvalue weighted by molar-refractivity contribution is 0.632. The second-order valence-corrected chi connectivity index (χ2v) is 18.9. The molecular weight excluding hydrogens is 837 g/mol. The van der Waals surface area contributed by atoms with E-state index in [1.807, 2.05) is 6.07 Å². The molecule has 0 N–H and O–H groups in total. The van der Waals surface area contributed by atoms with Gasteiger partial charge in [0.1, 0.15) is 0 Å². The number of hydrogen-bond donors (Lipinski definition) is 0. The van der Waals surface area contributed by atoms with Gasteiger partial charge in [0.25, 0.3) is 0 Å². The third-order valence-corrected chi connectivity index (χ3v) is 14.5. The van der Waals surface area contributed by atoms with Crippen molar-refractivity contribution < 1.29 is 0 Å². The van der Waals surface area contributed by atoms with Crippen LogP contribution in [0.5, 0.6) is 0 Å². The molecule has 11 aromatic rings. The SMILES string of the molecule is CC1(C)c2ccccc2N(c2ccccc2)c2cc(-c3ccc4c5c6ccccc6ccc5n(-c5cccc(-c6cc(C7=CCC(c8ccccc8)C=C7)nc(-c7ccccc7)n6)c5)c4c3)ccc21. The van der Waals surface area contributed by atoms with Gasteiger partial charge in [-0.3, -0.25) is 0 Å². The lowest BCUT2D eigenvalue weighted by Gasteiger charge is -2.42. The van der Waals surface area contributed by atoms with Crippen LogP contribution in [-0.4, -0.2) is 14.5 Å². The van der Waals surface area contributed by atoms with Crippen LogP contribution in [-0.2, 0) is 5.41 Å². The number of anilines is 3. The highest BCUT2D eigenvalue weighted by Crippen LogP contribution is 2.53. The smallest absolute Gasteiger partial charge is 0.160 e. The Bertz CT molecular complexity index is 3840. The topological polar surface area (TPSA) is 34.0 Å². The van der Waals surface area contributed by atoms with Crippen molar-refractivity contribution >= 4 is 55.2 Å². The molecule has 1 atom stereocenters. The second kappa shape index (κ2) is 16.3. The van der Waals surface area contributed by atoms with E-state index in [4.69, 9.17) is 9.97 Å². The van der Waals surface area contributed by atoms with E-state index in [-0.39, 0.29) is 5.41 Å². The maximum atomic E-state index is 5.28. The lowest BCUT2D eigenvalue weighted by atomic mass is 9.73. The fourth-order valence-corrected chi connectivity index (χ4v) is 11.0. The molecule has 0 amide bonds. The van der Waals surface area contributed by atoms with Gasteiger partial charge in [-0.05, 0) is 105 Å². The summed E-state index contributed by atoms with van der Waals surface area (Å²) in [6.07, 6.45) is 7.80. The van der Waals surface area contributed by atoms with Crippen LogP contribution >= 0.6 is 0 Å². The molecule has 328 valence electrons. The third kappa shape index (κ3) is 6.90. The van der Waals surface area contributed by atoms with Gasteiger partial charge in [0.2, 0.25) is 0 Å². The van der Waals surface area contributed by atoms with Crippen molar-refractivity contribution in [3.63, 3.8) is 0 Å². The molecule has 9 aromatic carbocycles. The van der Waals surface area contributed by atoms with E-state index in [1.54, 1.807) is 0 Å². The first-order chi connectivity index (χ1) is 34.0. The number of benzene rings is 9. The summed E-state index contributed by atoms with van der Waals surface area (Å²) in [5.41, 5.74) is 18.0. The molecule has 2 aliphatic rings. The minimum Gasteiger partial charge on any atom is -0.310 e. The monoisotopic (exact) mass is 884 g/mol. The summed E-state index contributed by atoms with van der Waals surface area (Å²) in [6.45, 7) is 4.71. The zero-order valence-corrected chi connectivity index (χ0v) is 38.6. The molecule has 3 heterocycles. The van der Waals surface area contributed by atoms with E-state index in [9.17, 15) is 0 Å². The normalized spacial score (nSPS) is 15.0. The average Bonchev–Trinajstić information content (AvgIpc) is 3.76. The quantitative estimate of drug-likeness (QED) is 0.160. The second-order valence-electron chi connectivity index (χ2n) is 18.9. The molecule has 0 saturated heterocycles. The molecule has 0 spiro atoms. The van der Waals surface area contributed by atoms with Crippen LogP contribution < -0.4 is 4.90 Å². The Morgan fingerprint density at radius 2 is 1.16 bits per heavy atom. The fraction of sp³-hybridized carbons (Fsp3) is 0.0769. The highest BCUT2D eigenvalue weighted by molar-refractivity contribution is 6.21. The first kappa shape index (κ1) is 40.7. The Balaban J connectivity index is 0.967. The molecule has 2 aromatic heterocycles. The van der Waals surface area contributed by atoms with Crippen LogP contribution in [0.4, 0.5) is 17.1 Å². The Labute approximate surface area is 402 Å². The Kier molecular flexibility index (Phi) is 9.62. The first-order valence-electron chi connectivity index (χ1n) is 24.0. The Morgan fingerprint density at radius 3 is 1.99 bits per heavy atom. The van der Waals surface area contributed by atoms with Gasteiger partial charge in [-0.25, -0.2) is 9.97 Å². The van der Waals surface area contributed by atoms with Gasteiger partial charge in [-0.2, -0.15) is 0 Å². The minimum atomic E-state index is -0.181. The van der Waals surface area contributed by atoms with Gasteiger partial charge in [0.05, 0.1) is 33.8 Å². The molecule has 0 bridgehead atoms. The van der Waals surface area contributed by atoms with Crippen molar-refractivity contribution in [1.82, 2.24) is 14.5 Å². The average molecular weight is 885 g/mol. The molecule has 0 saturated carbocycles. The van der Waals surface area contributed by atoms with E-state index in [2.05, 4.69) is 254 Å². The van der Waals surface area contributed by atoms with Gasteiger partial charge in [0, 0.05) is 44.6 Å². The third-order valence-electron chi connectivity index (χ3n) is 14.5. The van der Waals surface area contributed by atoms with Gasteiger partial charge >= 0.3 is 0 Å². The van der Waals surface area contributed by atoms with Crippen LogP contribution in [0, 0.1) is 0 Å². The van der Waals surface area contributed by atoms with Gasteiger partial charge in [-0.15, -0.1) is 0 Å². The molecule has 69 heavy (non-hydrogen) atoms. The van der Waals surface area contributed by atoms with Gasteiger partial charge < -0.3 is 9.47 Å². The van der Waals surface area contributed by atoms with Crippen LogP contribution in [0.1, 0.15) is 48.6 Å². The number of nitrogens with zero attached hydrogens (tertiary/aromatic N) is 4. The number of hydrogen-bond acceptors (Lipinski definition) is 3. The molecule has 4 heteroatoms. The standard InChI is InChI=1S/C65H48N4/c1-65(2)55-27-14-15-28-59(55)68(51-23-10-5-11-24-51)62-41-49(34-37-56(62)65)48-33-36-54-61(40-48)69(60-38-35-45-19-12-13-26-53(45)63(54)60)52-25-16-22-50(39-52)58-42-57(66-64(67-58)47-20-8-4-9-21-47)46-31-29-44(30-32-46)43-17-6-3-7-18-43/h3-29,31-42,44H,30H2,1-2H3. The molecule has 4 nitrogen and oxygen atoms in total. The fourth-order valence-electron chi connectivity index (χ4n) is 11.0. The molecule has 13 rings (SSSR count). The van der Waals surface area contributed by atoms with Crippen molar-refractivity contribution in [1.29, 1.82) is 0 Å². The van der Waals surface area contributed by atoms with Crippen molar-refractivity contribution in [2.24, 2.45) is 0 Å². The predicted molar refractivity (Wildman–Crippen MR) is 288 cm³/mol. The van der Waals surface area contributed by atoms with E-state index in [0.717, 1.165) is 62.5 Å². The van der Waals surface area contributed by atoms with Gasteiger partial charge in [-0.1, -0.05) is 196 Å². The zero-order chi connectivity index (χ0) is 46.1. The van der Waals surface area contributed by atoms with Crippen LogP contribution in [0.15, 0.2) is 237 Å². The molecule has 0 radical (unpaired) electrons. The summed E-state index contributed by atoms with van der Waals surface area (Å²) in [5, 5.41) is 4.94. The maximum absolute atomic E-state index is 5.28. The Hall–Kier alpha value is -8.60. The zero-order valence-electron chi connectivity index (χ0n) is 38.6. The first-order valence-corrected chi connectivity index (χ1v) is 24.0. The lowest BCUT2D eigenvalue weighted by Crippen LogP contribution is -2.30. The highest BCUT2D eigenvalue weighted by Gasteiger charge is 2.37. The van der Waals surface area contributed by atoms with Crippen molar-refractivity contribution in [2.75, 3.05) is 4.90 Å². The summed E-state index contributed by atoms with van der Waals surface area (Å²) >= 11 is 0. The van der Waals surface area contributed by atoms with Crippen molar-refractivity contribution in [3.05, 3.63) is 259 Å². The maximum Gasteiger partial charge on any atom is 0.160 e. The largest absolute Gasteiger partial charge is 0.310 e. The molecule has 1 aliphatic carbocycles. The number of aromatic nitrogens is 3. The van der Waals surface area contributed by atoms with E-state index < -0.39 is 0 Å². The molecule has 1 aliphatic heterocycles. The van der Waals surface area contributed by atoms with Crippen LogP contribution in [0.25, 0.3) is 77.6 Å². The summed E-state index contributed by atoms with van der Waals surface area (Å²) in [5.74, 6) is 1.05. The summed E-state index contributed by atoms with van der Waals surface area (Å²) < 4.78 is 2.45. The van der Waals surface area contributed by atoms with Crippen LogP contribution in [0.3, 0.4) is 0 Å². The number of para-hydroxylation sites is 2. The van der Waals surface area contributed by atoms with Crippen LogP contribution in [0.2, 0.25) is 0 Å².